The monoisotopic (exact) mass is 499 g/mol. The minimum Gasteiger partial charge on any atom is -0.325 e. The van der Waals surface area contributed by atoms with E-state index in [2.05, 4.69) is 39.6 Å². The van der Waals surface area contributed by atoms with Crippen LogP contribution in [0.25, 0.3) is 11.4 Å². The maximum Gasteiger partial charge on any atom is 0.243 e. The molecule has 2 aromatic carbocycles. The molecule has 0 aliphatic carbocycles. The van der Waals surface area contributed by atoms with Crippen molar-refractivity contribution in [3.8, 4) is 11.4 Å². The van der Waals surface area contributed by atoms with Gasteiger partial charge in [0.15, 0.2) is 5.82 Å². The van der Waals surface area contributed by atoms with Crippen molar-refractivity contribution in [2.75, 3.05) is 24.2 Å². The number of H-pyrrole nitrogens is 1. The van der Waals surface area contributed by atoms with Gasteiger partial charge in [0.2, 0.25) is 21.1 Å². The molecule has 4 rings (SSSR count). The number of hydrogen-bond donors (Lipinski definition) is 2. The first-order chi connectivity index (χ1) is 16.4. The molecule has 0 unspecified atom stereocenters. The van der Waals surface area contributed by atoms with Crippen LogP contribution in [0, 0.1) is 6.92 Å². The first-order valence-corrected chi connectivity index (χ1v) is 13.8. The van der Waals surface area contributed by atoms with Crippen molar-refractivity contribution in [1.82, 2.24) is 19.5 Å². The maximum absolute atomic E-state index is 13.1. The molecule has 1 amide bonds. The van der Waals surface area contributed by atoms with Crippen molar-refractivity contribution < 1.29 is 13.2 Å². The predicted octanol–water partition coefficient (Wildman–Crippen LogP) is 4.25. The highest BCUT2D eigenvalue weighted by molar-refractivity contribution is 7.99. The smallest absolute Gasteiger partial charge is 0.243 e. The lowest BCUT2D eigenvalue weighted by Gasteiger charge is -2.26. The van der Waals surface area contributed by atoms with Gasteiger partial charge in [0.25, 0.3) is 0 Å². The van der Waals surface area contributed by atoms with Gasteiger partial charge >= 0.3 is 0 Å². The summed E-state index contributed by atoms with van der Waals surface area (Å²) < 4.78 is 27.7. The van der Waals surface area contributed by atoms with Crippen molar-refractivity contribution in [2.24, 2.45) is 0 Å². The van der Waals surface area contributed by atoms with Crippen LogP contribution in [-0.2, 0) is 21.2 Å². The number of hydrogen-bond acceptors (Lipinski definition) is 6. The summed E-state index contributed by atoms with van der Waals surface area (Å²) in [6, 6.07) is 13.1. The molecule has 180 valence electrons. The highest BCUT2D eigenvalue weighted by atomic mass is 32.2. The van der Waals surface area contributed by atoms with Crippen molar-refractivity contribution in [1.29, 1.82) is 0 Å². The second-order valence-corrected chi connectivity index (χ2v) is 11.1. The van der Waals surface area contributed by atoms with Crippen LogP contribution in [-0.4, -0.2) is 52.7 Å². The SMILES string of the molecule is CCc1ccc(-c2nc(SCC(=O)Nc3ccc(C)c(S(=O)(=O)N4CCCCC4)c3)n[nH]2)cc1. The fraction of sp³-hybridized carbons (Fsp3) is 0.375. The number of piperidine rings is 1. The molecule has 1 aromatic heterocycles. The Morgan fingerprint density at radius 3 is 2.56 bits per heavy atom. The van der Waals surface area contributed by atoms with E-state index in [1.807, 2.05) is 12.1 Å². The lowest BCUT2D eigenvalue weighted by atomic mass is 10.1. The lowest BCUT2D eigenvalue weighted by Crippen LogP contribution is -2.36. The van der Waals surface area contributed by atoms with E-state index in [0.29, 0.717) is 35.3 Å². The summed E-state index contributed by atoms with van der Waals surface area (Å²) >= 11 is 1.21. The summed E-state index contributed by atoms with van der Waals surface area (Å²) in [7, 11) is -3.58. The third-order valence-electron chi connectivity index (χ3n) is 5.84. The van der Waals surface area contributed by atoms with E-state index in [4.69, 9.17) is 0 Å². The summed E-state index contributed by atoms with van der Waals surface area (Å²) in [6.07, 6.45) is 3.77. The second-order valence-electron chi connectivity index (χ2n) is 8.30. The average molecular weight is 500 g/mol. The average Bonchev–Trinajstić information content (AvgIpc) is 3.33. The minimum absolute atomic E-state index is 0.105. The zero-order valence-corrected chi connectivity index (χ0v) is 21.0. The lowest BCUT2D eigenvalue weighted by molar-refractivity contribution is -0.113. The molecule has 1 fully saturated rings. The Bertz CT molecular complexity index is 1250. The molecule has 1 saturated heterocycles. The first-order valence-electron chi connectivity index (χ1n) is 11.4. The number of nitrogens with zero attached hydrogens (tertiary/aromatic N) is 3. The van der Waals surface area contributed by atoms with Crippen LogP contribution in [0.5, 0.6) is 0 Å². The molecular weight excluding hydrogens is 470 g/mol. The molecule has 8 nitrogen and oxygen atoms in total. The van der Waals surface area contributed by atoms with E-state index in [1.54, 1.807) is 25.1 Å². The van der Waals surface area contributed by atoms with Crippen LogP contribution in [0.4, 0.5) is 5.69 Å². The molecular formula is C24H29N5O3S2. The summed E-state index contributed by atoms with van der Waals surface area (Å²) in [5.74, 6) is 0.499. The number of carbonyl (C=O) groups excluding carboxylic acids is 1. The Morgan fingerprint density at radius 2 is 1.85 bits per heavy atom. The normalized spacial score (nSPS) is 14.8. The van der Waals surface area contributed by atoms with Gasteiger partial charge in [-0.25, -0.2) is 13.4 Å². The number of sulfonamides is 1. The van der Waals surface area contributed by atoms with Crippen LogP contribution >= 0.6 is 11.8 Å². The van der Waals surface area contributed by atoms with Gasteiger partial charge in [-0.2, -0.15) is 4.31 Å². The van der Waals surface area contributed by atoms with Gasteiger partial charge in [-0.05, 0) is 49.4 Å². The van der Waals surface area contributed by atoms with Crippen LogP contribution in [0.2, 0.25) is 0 Å². The van der Waals surface area contributed by atoms with Crippen LogP contribution in [0.15, 0.2) is 52.5 Å². The summed E-state index contributed by atoms with van der Waals surface area (Å²) in [5.41, 5.74) is 3.30. The van der Waals surface area contributed by atoms with E-state index in [0.717, 1.165) is 31.2 Å². The third kappa shape index (κ3) is 5.68. The van der Waals surface area contributed by atoms with E-state index >= 15 is 0 Å². The van der Waals surface area contributed by atoms with Gasteiger partial charge < -0.3 is 5.32 Å². The molecule has 1 aliphatic heterocycles. The van der Waals surface area contributed by atoms with E-state index < -0.39 is 10.0 Å². The van der Waals surface area contributed by atoms with E-state index in [1.165, 1.54) is 21.6 Å². The van der Waals surface area contributed by atoms with Crippen molar-refractivity contribution in [3.05, 3.63) is 53.6 Å². The molecule has 0 bridgehead atoms. The van der Waals surface area contributed by atoms with Crippen molar-refractivity contribution >= 4 is 33.4 Å². The molecule has 2 N–H and O–H groups in total. The fourth-order valence-corrected chi connectivity index (χ4v) is 6.23. The first kappa shape index (κ1) is 24.4. The third-order valence-corrected chi connectivity index (χ3v) is 8.73. The number of anilines is 1. The highest BCUT2D eigenvalue weighted by Crippen LogP contribution is 2.26. The quantitative estimate of drug-likeness (QED) is 0.449. The maximum atomic E-state index is 13.1. The number of aromatic nitrogens is 3. The number of nitrogens with one attached hydrogen (secondary N) is 2. The molecule has 34 heavy (non-hydrogen) atoms. The summed E-state index contributed by atoms with van der Waals surface area (Å²) in [4.78, 5) is 17.2. The van der Waals surface area contributed by atoms with Gasteiger partial charge in [0.05, 0.1) is 10.6 Å². The largest absolute Gasteiger partial charge is 0.325 e. The summed E-state index contributed by atoms with van der Waals surface area (Å²) in [6.45, 7) is 4.95. The Kier molecular flexibility index (Phi) is 7.70. The number of aromatic amines is 1. The van der Waals surface area contributed by atoms with Crippen molar-refractivity contribution in [3.63, 3.8) is 0 Å². The van der Waals surface area contributed by atoms with Crippen LogP contribution in [0.1, 0.15) is 37.3 Å². The molecule has 1 aliphatic rings. The van der Waals surface area contributed by atoms with E-state index in [-0.39, 0.29) is 16.6 Å². The molecule has 2 heterocycles. The highest BCUT2D eigenvalue weighted by Gasteiger charge is 2.27. The Hall–Kier alpha value is -2.69. The number of carbonyl (C=O) groups is 1. The number of aryl methyl sites for hydroxylation is 2. The second kappa shape index (κ2) is 10.7. The van der Waals surface area contributed by atoms with E-state index in [9.17, 15) is 13.2 Å². The summed E-state index contributed by atoms with van der Waals surface area (Å²) in [5, 5.41) is 10.4. The molecule has 3 aromatic rings. The van der Waals surface area contributed by atoms with Gasteiger partial charge in [-0.3, -0.25) is 9.89 Å². The zero-order valence-electron chi connectivity index (χ0n) is 19.4. The van der Waals surface area contributed by atoms with Crippen molar-refractivity contribution in [2.45, 2.75) is 49.6 Å². The fourth-order valence-electron chi connectivity index (χ4n) is 3.87. The molecule has 0 saturated carbocycles. The van der Waals surface area contributed by atoms with Crippen LogP contribution in [0.3, 0.4) is 0 Å². The van der Waals surface area contributed by atoms with Gasteiger partial charge in [-0.15, -0.1) is 5.10 Å². The minimum atomic E-state index is -3.58. The number of rotatable bonds is 8. The van der Waals surface area contributed by atoms with Crippen LogP contribution < -0.4 is 5.32 Å². The topological polar surface area (TPSA) is 108 Å². The molecule has 0 atom stereocenters. The molecule has 10 heteroatoms. The zero-order chi connectivity index (χ0) is 24.1. The standard InChI is InChI=1S/C24H29N5O3S2/c1-3-18-8-10-19(11-9-18)23-26-24(28-27-23)33-16-22(30)25-20-12-7-17(2)21(15-20)34(31,32)29-13-5-4-6-14-29/h7-12,15H,3-6,13-14,16H2,1-2H3,(H,25,30)(H,26,27,28). The van der Waals surface area contributed by atoms with Gasteiger partial charge in [0, 0.05) is 24.3 Å². The Morgan fingerprint density at radius 1 is 1.12 bits per heavy atom. The predicted molar refractivity (Wildman–Crippen MR) is 134 cm³/mol. The Labute approximate surface area is 204 Å². The number of thioether (sulfide) groups is 1. The molecule has 0 radical (unpaired) electrons. The Balaban J connectivity index is 1.38. The molecule has 0 spiro atoms. The number of benzene rings is 2. The van der Waals surface area contributed by atoms with Gasteiger partial charge in [0.1, 0.15) is 0 Å². The van der Waals surface area contributed by atoms with Gasteiger partial charge in [-0.1, -0.05) is 55.4 Å². The number of amides is 1.